The highest BCUT2D eigenvalue weighted by Crippen LogP contribution is 2.18. The van der Waals surface area contributed by atoms with Crippen LogP contribution in [0.5, 0.6) is 0 Å². The van der Waals surface area contributed by atoms with Crippen molar-refractivity contribution in [1.82, 2.24) is 4.90 Å². The van der Waals surface area contributed by atoms with E-state index in [1.807, 2.05) is 0 Å². The largest absolute Gasteiger partial charge is 0.444 e. The van der Waals surface area contributed by atoms with Crippen molar-refractivity contribution < 1.29 is 18.4 Å². The van der Waals surface area contributed by atoms with E-state index in [2.05, 4.69) is 31.9 Å². The van der Waals surface area contributed by atoms with Crippen LogP contribution in [0.15, 0.2) is 42.4 Å². The topological polar surface area (TPSA) is 63.7 Å². The quantitative estimate of drug-likeness (QED) is 0.754. The minimum absolute atomic E-state index is 0.0725. The summed E-state index contributed by atoms with van der Waals surface area (Å²) in [5.41, 5.74) is 0. The van der Waals surface area contributed by atoms with Gasteiger partial charge in [0.2, 0.25) is 0 Å². The number of carbonyl (C=O) groups is 2. The molecule has 5 nitrogen and oxygen atoms in total. The zero-order valence-corrected chi connectivity index (χ0v) is 12.3. The molecule has 2 aromatic heterocycles. The van der Waals surface area contributed by atoms with Crippen LogP contribution in [-0.2, 0) is 0 Å². The maximum Gasteiger partial charge on any atom is 0.296 e. The minimum atomic E-state index is -0.543. The second kappa shape index (κ2) is 5.11. The van der Waals surface area contributed by atoms with Crippen LogP contribution < -0.4 is 0 Å². The fraction of sp³-hybridized carbons (Fsp3) is 0.0909. The van der Waals surface area contributed by atoms with Gasteiger partial charge in [0, 0.05) is 7.05 Å². The van der Waals surface area contributed by atoms with Gasteiger partial charge in [-0.15, -0.1) is 0 Å². The van der Waals surface area contributed by atoms with Gasteiger partial charge in [-0.1, -0.05) is 0 Å². The summed E-state index contributed by atoms with van der Waals surface area (Å²) >= 11 is 6.18. The van der Waals surface area contributed by atoms with Crippen LogP contribution in [0.1, 0.15) is 21.1 Å². The fourth-order valence-corrected chi connectivity index (χ4v) is 1.89. The number of halogens is 2. The number of amides is 2. The van der Waals surface area contributed by atoms with Crippen molar-refractivity contribution in [2.45, 2.75) is 0 Å². The van der Waals surface area contributed by atoms with Gasteiger partial charge in [0.05, 0.1) is 0 Å². The van der Waals surface area contributed by atoms with Gasteiger partial charge in [0.1, 0.15) is 0 Å². The maximum atomic E-state index is 11.9. The van der Waals surface area contributed by atoms with E-state index in [1.165, 1.54) is 19.2 Å². The van der Waals surface area contributed by atoms with Gasteiger partial charge in [0.15, 0.2) is 20.9 Å². The average molecular weight is 377 g/mol. The van der Waals surface area contributed by atoms with E-state index in [0.717, 1.165) is 4.90 Å². The first-order valence-corrected chi connectivity index (χ1v) is 6.40. The van der Waals surface area contributed by atoms with Crippen LogP contribution in [0.4, 0.5) is 0 Å². The van der Waals surface area contributed by atoms with Crippen molar-refractivity contribution in [1.29, 1.82) is 0 Å². The Balaban J connectivity index is 2.19. The molecule has 2 heterocycles. The van der Waals surface area contributed by atoms with E-state index >= 15 is 0 Å². The zero-order valence-electron chi connectivity index (χ0n) is 9.15. The molecule has 0 N–H and O–H groups in total. The highest BCUT2D eigenvalue weighted by molar-refractivity contribution is 9.10. The van der Waals surface area contributed by atoms with Crippen molar-refractivity contribution in [3.63, 3.8) is 0 Å². The molecule has 0 fully saturated rings. The lowest BCUT2D eigenvalue weighted by molar-refractivity contribution is 0.0617. The van der Waals surface area contributed by atoms with Gasteiger partial charge in [0.25, 0.3) is 11.8 Å². The second-order valence-corrected chi connectivity index (χ2v) is 4.94. The Hall–Kier alpha value is -1.34. The maximum absolute atomic E-state index is 11.9. The molecular weight excluding hydrogens is 370 g/mol. The molecule has 0 atom stereocenters. The Morgan fingerprint density at radius 1 is 0.944 bits per heavy atom. The predicted octanol–water partition coefficient (Wildman–Crippen LogP) is 3.31. The standard InChI is InChI=1S/C11H7Br2NO4/c1-14(10(15)6-2-4-8(12)17-6)11(16)7-3-5-9(13)18-7/h2-5H,1H3. The molecule has 7 heteroatoms. The van der Waals surface area contributed by atoms with Crippen molar-refractivity contribution in [3.8, 4) is 0 Å². The molecule has 2 amide bonds. The molecule has 2 aromatic rings. The number of furan rings is 2. The molecule has 0 radical (unpaired) electrons. The molecule has 18 heavy (non-hydrogen) atoms. The van der Waals surface area contributed by atoms with E-state index < -0.39 is 11.8 Å². The van der Waals surface area contributed by atoms with Crippen LogP contribution in [0.2, 0.25) is 0 Å². The Kier molecular flexibility index (Phi) is 3.72. The Morgan fingerprint density at radius 3 is 1.61 bits per heavy atom. The summed E-state index contributed by atoms with van der Waals surface area (Å²) < 4.78 is 11.0. The molecule has 0 saturated carbocycles. The van der Waals surface area contributed by atoms with E-state index in [-0.39, 0.29) is 11.5 Å². The molecule has 2 rings (SSSR count). The van der Waals surface area contributed by atoms with Crippen LogP contribution >= 0.6 is 31.9 Å². The predicted molar refractivity (Wildman–Crippen MR) is 69.2 cm³/mol. The minimum Gasteiger partial charge on any atom is -0.444 e. The van der Waals surface area contributed by atoms with Gasteiger partial charge in [-0.05, 0) is 56.1 Å². The molecule has 0 spiro atoms. The van der Waals surface area contributed by atoms with Gasteiger partial charge in [-0.25, -0.2) is 0 Å². The third-order valence-electron chi connectivity index (χ3n) is 2.18. The van der Waals surface area contributed by atoms with Gasteiger partial charge >= 0.3 is 0 Å². The van der Waals surface area contributed by atoms with Crippen LogP contribution in [0, 0.1) is 0 Å². The smallest absolute Gasteiger partial charge is 0.296 e. The molecule has 0 aliphatic carbocycles. The Labute approximate surface area is 119 Å². The van der Waals surface area contributed by atoms with Crippen LogP contribution in [0.3, 0.4) is 0 Å². The monoisotopic (exact) mass is 375 g/mol. The Bertz CT molecular complexity index is 549. The summed E-state index contributed by atoms with van der Waals surface area (Å²) in [7, 11) is 1.36. The lowest BCUT2D eigenvalue weighted by Crippen LogP contribution is -2.32. The van der Waals surface area contributed by atoms with Gasteiger partial charge in [-0.2, -0.15) is 0 Å². The molecule has 0 aliphatic rings. The highest BCUT2D eigenvalue weighted by Gasteiger charge is 2.24. The van der Waals surface area contributed by atoms with Crippen molar-refractivity contribution in [2.75, 3.05) is 7.05 Å². The number of nitrogens with zero attached hydrogens (tertiary/aromatic N) is 1. The normalized spacial score (nSPS) is 10.4. The SMILES string of the molecule is CN(C(=O)c1ccc(Br)o1)C(=O)c1ccc(Br)o1. The van der Waals surface area contributed by atoms with Crippen molar-refractivity contribution in [3.05, 3.63) is 45.1 Å². The first-order chi connectivity index (χ1) is 8.49. The first-order valence-electron chi connectivity index (χ1n) is 4.82. The highest BCUT2D eigenvalue weighted by atomic mass is 79.9. The summed E-state index contributed by atoms with van der Waals surface area (Å²) in [5.74, 6) is -0.942. The Morgan fingerprint density at radius 2 is 1.33 bits per heavy atom. The van der Waals surface area contributed by atoms with Crippen LogP contribution in [0.25, 0.3) is 0 Å². The fourth-order valence-electron chi connectivity index (χ4n) is 1.28. The van der Waals surface area contributed by atoms with Crippen molar-refractivity contribution in [2.24, 2.45) is 0 Å². The number of hydrogen-bond acceptors (Lipinski definition) is 4. The van der Waals surface area contributed by atoms with E-state index in [4.69, 9.17) is 8.83 Å². The molecule has 0 unspecified atom stereocenters. The van der Waals surface area contributed by atoms with E-state index in [9.17, 15) is 9.59 Å². The number of hydrogen-bond donors (Lipinski definition) is 0. The first kappa shape index (κ1) is 13.1. The third-order valence-corrected chi connectivity index (χ3v) is 3.03. The summed E-state index contributed by atoms with van der Waals surface area (Å²) in [6, 6.07) is 6.12. The second-order valence-electron chi connectivity index (χ2n) is 3.38. The number of imide groups is 1. The number of carbonyl (C=O) groups excluding carboxylic acids is 2. The summed E-state index contributed by atoms with van der Waals surface area (Å²) in [4.78, 5) is 24.8. The lowest BCUT2D eigenvalue weighted by atomic mass is 10.3. The van der Waals surface area contributed by atoms with E-state index in [0.29, 0.717) is 9.34 Å². The average Bonchev–Trinajstić information content (AvgIpc) is 2.95. The number of rotatable bonds is 2. The molecule has 0 aliphatic heterocycles. The summed E-state index contributed by atoms with van der Waals surface area (Å²) in [6.07, 6.45) is 0. The molecule has 0 bridgehead atoms. The van der Waals surface area contributed by atoms with E-state index in [1.54, 1.807) is 12.1 Å². The van der Waals surface area contributed by atoms with Gasteiger partial charge < -0.3 is 8.83 Å². The molecule has 0 aromatic carbocycles. The molecule has 0 saturated heterocycles. The van der Waals surface area contributed by atoms with Crippen molar-refractivity contribution >= 4 is 43.7 Å². The van der Waals surface area contributed by atoms with Gasteiger partial charge in [-0.3, -0.25) is 14.5 Å². The van der Waals surface area contributed by atoms with Crippen LogP contribution in [-0.4, -0.2) is 23.8 Å². The third kappa shape index (κ3) is 2.56. The summed E-state index contributed by atoms with van der Waals surface area (Å²) in [5, 5.41) is 0. The zero-order chi connectivity index (χ0) is 13.3. The lowest BCUT2D eigenvalue weighted by Gasteiger charge is -2.11. The molecule has 94 valence electrons. The summed E-state index contributed by atoms with van der Waals surface area (Å²) in [6.45, 7) is 0. The molecular formula is C11H7Br2NO4.